The Morgan fingerprint density at radius 2 is 1.46 bits per heavy atom. The molecule has 3 fully saturated rings. The fraction of sp³-hybridized carbons (Fsp3) is 0.368. The molecular formula is C38H35ClF5N3O6S. The predicted octanol–water partition coefficient (Wildman–Crippen LogP) is 7.47. The normalized spacial score (nSPS) is 20.0. The van der Waals surface area contributed by atoms with E-state index in [1.54, 1.807) is 36.4 Å². The van der Waals surface area contributed by atoms with E-state index in [0.29, 0.717) is 40.3 Å². The number of nitrogens with zero attached hydrogens (tertiary/aromatic N) is 2. The number of hydrogen-bond donors (Lipinski definition) is 1. The van der Waals surface area contributed by atoms with Gasteiger partial charge in [-0.3, -0.25) is 4.79 Å². The van der Waals surface area contributed by atoms with Crippen LogP contribution in [0, 0.1) is 5.92 Å². The zero-order valence-corrected chi connectivity index (χ0v) is 30.1. The standard InChI is InChI=1S/C38H35ClF5N3O6S/c39-29-13-7-24(8-14-29)23-5-11-28(12-6-23)37(40,41)34(35(48)46-18-17-27-21-45-22-33(27)46)47(53-36(49)38(42,43)44)54(50,51)32-16-10-25-19-31(15-9-26(25)20-32)52-30-3-1-2-4-30/h5-16,19-20,27,30,33-34,45H,1-4,17-18,21-22H2/t27-,33+,34-/m1/s1. The predicted molar refractivity (Wildman–Crippen MR) is 189 cm³/mol. The van der Waals surface area contributed by atoms with Crippen LogP contribution in [0.4, 0.5) is 22.0 Å². The molecule has 16 heteroatoms. The number of amides is 1. The Kier molecular flexibility index (Phi) is 10.4. The highest BCUT2D eigenvalue weighted by atomic mass is 35.5. The Morgan fingerprint density at radius 1 is 0.833 bits per heavy atom. The first-order valence-corrected chi connectivity index (χ1v) is 19.2. The number of carbonyl (C=O) groups is 2. The molecule has 54 heavy (non-hydrogen) atoms. The summed E-state index contributed by atoms with van der Waals surface area (Å²) in [5, 5.41) is 4.24. The summed E-state index contributed by atoms with van der Waals surface area (Å²) >= 11 is 5.97. The molecule has 4 aromatic carbocycles. The van der Waals surface area contributed by atoms with E-state index in [2.05, 4.69) is 10.2 Å². The first-order chi connectivity index (χ1) is 25.6. The number of hydrogen-bond acceptors (Lipinski definition) is 7. The van der Waals surface area contributed by atoms with Crippen LogP contribution in [-0.4, -0.2) is 73.7 Å². The third kappa shape index (κ3) is 7.51. The molecule has 0 aromatic heterocycles. The Bertz CT molecular complexity index is 2150. The molecule has 0 spiro atoms. The molecular weight excluding hydrogens is 757 g/mol. The van der Waals surface area contributed by atoms with E-state index in [0.717, 1.165) is 54.8 Å². The number of nitrogens with one attached hydrogen (secondary N) is 1. The minimum Gasteiger partial charge on any atom is -0.490 e. The molecule has 0 radical (unpaired) electrons. The molecule has 1 saturated carbocycles. The van der Waals surface area contributed by atoms with Crippen molar-refractivity contribution in [3.8, 4) is 16.9 Å². The van der Waals surface area contributed by atoms with E-state index in [1.807, 2.05) is 0 Å². The molecule has 0 unspecified atom stereocenters. The van der Waals surface area contributed by atoms with Gasteiger partial charge in [0.2, 0.25) is 6.04 Å². The van der Waals surface area contributed by atoms with Gasteiger partial charge in [-0.2, -0.15) is 22.0 Å². The average molecular weight is 792 g/mol. The van der Waals surface area contributed by atoms with E-state index in [-0.39, 0.29) is 30.5 Å². The van der Waals surface area contributed by atoms with Gasteiger partial charge in [-0.05, 0) is 101 Å². The number of rotatable bonds is 10. The highest BCUT2D eigenvalue weighted by Crippen LogP contribution is 2.42. The van der Waals surface area contributed by atoms with E-state index >= 15 is 8.78 Å². The number of fused-ring (bicyclic) bond motifs is 2. The van der Waals surface area contributed by atoms with E-state index in [9.17, 15) is 31.2 Å². The van der Waals surface area contributed by atoms with E-state index in [4.69, 9.17) is 16.3 Å². The van der Waals surface area contributed by atoms with Crippen LogP contribution >= 0.6 is 11.6 Å². The number of carbonyl (C=O) groups excluding carboxylic acids is 2. The minimum atomic E-state index is -5.82. The van der Waals surface area contributed by atoms with Gasteiger partial charge in [0.25, 0.3) is 15.9 Å². The number of likely N-dealkylation sites (tertiary alicyclic amines) is 1. The Balaban J connectivity index is 1.31. The summed E-state index contributed by atoms with van der Waals surface area (Å²) in [5.41, 5.74) is 0.139. The summed E-state index contributed by atoms with van der Waals surface area (Å²) in [6.07, 6.45) is -1.59. The summed E-state index contributed by atoms with van der Waals surface area (Å²) < 4.78 is 110. The fourth-order valence-corrected chi connectivity index (χ4v) is 8.97. The number of sulfonamides is 1. The summed E-state index contributed by atoms with van der Waals surface area (Å²) in [6.45, 7) is 0.578. The lowest BCUT2D eigenvalue weighted by Gasteiger charge is -2.37. The van der Waals surface area contributed by atoms with Crippen molar-refractivity contribution >= 4 is 44.3 Å². The highest BCUT2D eigenvalue weighted by Gasteiger charge is 2.60. The third-order valence-corrected chi connectivity index (χ3v) is 12.2. The Hall–Kier alpha value is -4.31. The van der Waals surface area contributed by atoms with Gasteiger partial charge in [0.05, 0.1) is 11.0 Å². The maximum atomic E-state index is 17.1. The summed E-state index contributed by atoms with van der Waals surface area (Å²) in [7, 11) is -5.62. The molecule has 1 aliphatic carbocycles. The minimum absolute atomic E-state index is 0.0228. The van der Waals surface area contributed by atoms with Crippen LogP contribution in [0.1, 0.15) is 37.7 Å². The molecule has 2 heterocycles. The molecule has 2 aliphatic heterocycles. The molecule has 4 aromatic rings. The van der Waals surface area contributed by atoms with Crippen molar-refractivity contribution in [1.82, 2.24) is 14.7 Å². The van der Waals surface area contributed by atoms with E-state index in [1.165, 1.54) is 24.3 Å². The van der Waals surface area contributed by atoms with E-state index < -0.39 is 61.0 Å². The fourth-order valence-electron chi connectivity index (χ4n) is 7.45. The van der Waals surface area contributed by atoms with Crippen LogP contribution in [0.3, 0.4) is 0 Å². The first kappa shape index (κ1) is 38.0. The van der Waals surface area contributed by atoms with Gasteiger partial charge in [0, 0.05) is 36.3 Å². The maximum Gasteiger partial charge on any atom is 0.492 e. The summed E-state index contributed by atoms with van der Waals surface area (Å²) in [5.74, 6) is -8.81. The van der Waals surface area contributed by atoms with Crippen LogP contribution < -0.4 is 10.1 Å². The SMILES string of the molecule is O=C([C@@H](N(OC(=O)C(F)(F)F)S(=O)(=O)c1ccc2cc(OC3CCCC3)ccc2c1)C(F)(F)c1ccc(-c2ccc(Cl)cc2)cc1)N1CC[C@@H]2CNC[C@@H]21. The molecule has 286 valence electrons. The molecule has 3 aliphatic rings. The van der Waals surface area contributed by atoms with Crippen LogP contribution in [0.25, 0.3) is 21.9 Å². The lowest BCUT2D eigenvalue weighted by molar-refractivity contribution is -0.239. The molecule has 7 rings (SSSR count). The van der Waals surface area contributed by atoms with Gasteiger partial charge in [-0.25, -0.2) is 13.2 Å². The monoisotopic (exact) mass is 791 g/mol. The van der Waals surface area contributed by atoms with Gasteiger partial charge in [-0.1, -0.05) is 60.1 Å². The van der Waals surface area contributed by atoms with Gasteiger partial charge in [-0.15, -0.1) is 0 Å². The van der Waals surface area contributed by atoms with Crippen molar-refractivity contribution in [3.05, 3.63) is 95.5 Å². The zero-order chi connectivity index (χ0) is 38.4. The molecule has 1 N–H and O–H groups in total. The Labute approximate surface area is 313 Å². The van der Waals surface area contributed by atoms with Gasteiger partial charge in [0.15, 0.2) is 0 Å². The number of halogens is 6. The van der Waals surface area contributed by atoms with Crippen LogP contribution in [0.2, 0.25) is 5.02 Å². The van der Waals surface area contributed by atoms with Crippen molar-refractivity contribution in [2.24, 2.45) is 5.92 Å². The second-order valence-corrected chi connectivity index (χ2v) is 16.0. The number of hydroxylamine groups is 1. The van der Waals surface area contributed by atoms with Crippen molar-refractivity contribution in [3.63, 3.8) is 0 Å². The van der Waals surface area contributed by atoms with Crippen molar-refractivity contribution in [2.45, 2.75) is 67.3 Å². The van der Waals surface area contributed by atoms with Crippen LogP contribution in [0.15, 0.2) is 89.8 Å². The quantitative estimate of drug-likeness (QED) is 0.131. The summed E-state index contributed by atoms with van der Waals surface area (Å²) in [6, 6.07) is 15.1. The molecule has 9 nitrogen and oxygen atoms in total. The molecule has 0 bridgehead atoms. The highest BCUT2D eigenvalue weighted by molar-refractivity contribution is 7.89. The van der Waals surface area contributed by atoms with Crippen LogP contribution in [0.5, 0.6) is 5.75 Å². The topological polar surface area (TPSA) is 105 Å². The van der Waals surface area contributed by atoms with Crippen molar-refractivity contribution in [1.29, 1.82) is 0 Å². The van der Waals surface area contributed by atoms with Crippen molar-refractivity contribution in [2.75, 3.05) is 19.6 Å². The largest absolute Gasteiger partial charge is 0.492 e. The molecule has 2 saturated heterocycles. The van der Waals surface area contributed by atoms with Gasteiger partial charge < -0.3 is 19.8 Å². The van der Waals surface area contributed by atoms with Crippen molar-refractivity contribution < 1.29 is 49.5 Å². The number of ether oxygens (including phenoxy) is 1. The third-order valence-electron chi connectivity index (χ3n) is 10.3. The lowest BCUT2D eigenvalue weighted by Crippen LogP contribution is -2.60. The second-order valence-electron chi connectivity index (χ2n) is 13.7. The maximum absolute atomic E-state index is 17.1. The zero-order valence-electron chi connectivity index (χ0n) is 28.6. The average Bonchev–Trinajstić information content (AvgIpc) is 3.91. The van der Waals surface area contributed by atoms with Crippen LogP contribution in [-0.2, 0) is 30.4 Å². The Morgan fingerprint density at radius 3 is 2.13 bits per heavy atom. The molecule has 3 atom stereocenters. The number of benzene rings is 4. The first-order valence-electron chi connectivity index (χ1n) is 17.4. The van der Waals surface area contributed by atoms with Gasteiger partial charge in [0.1, 0.15) is 5.75 Å². The second kappa shape index (κ2) is 14.7. The summed E-state index contributed by atoms with van der Waals surface area (Å²) in [4.78, 5) is 31.4. The smallest absolute Gasteiger partial charge is 0.490 e. The molecule has 1 amide bonds. The van der Waals surface area contributed by atoms with Gasteiger partial charge >= 0.3 is 18.1 Å². The lowest BCUT2D eigenvalue weighted by atomic mass is 9.96. The number of alkyl halides is 5.